The van der Waals surface area contributed by atoms with E-state index in [2.05, 4.69) is 41.2 Å². The predicted molar refractivity (Wildman–Crippen MR) is 143 cm³/mol. The Labute approximate surface area is 212 Å². The monoisotopic (exact) mass is 485 g/mol. The summed E-state index contributed by atoms with van der Waals surface area (Å²) in [4.78, 5) is 27.1. The second-order valence-corrected chi connectivity index (χ2v) is 9.94. The van der Waals surface area contributed by atoms with Crippen molar-refractivity contribution < 1.29 is 14.3 Å². The van der Waals surface area contributed by atoms with Gasteiger partial charge in [0.25, 0.3) is 5.91 Å². The van der Waals surface area contributed by atoms with E-state index >= 15 is 0 Å². The van der Waals surface area contributed by atoms with Gasteiger partial charge in [-0.2, -0.15) is 0 Å². The van der Waals surface area contributed by atoms with E-state index in [-0.39, 0.29) is 24.3 Å². The summed E-state index contributed by atoms with van der Waals surface area (Å²) in [7, 11) is 2.03. The fourth-order valence-electron chi connectivity index (χ4n) is 5.54. The average molecular weight is 486 g/mol. The lowest BCUT2D eigenvalue weighted by atomic mass is 9.84. The molecule has 1 aromatic heterocycles. The molecule has 0 saturated carbocycles. The van der Waals surface area contributed by atoms with E-state index in [0.717, 1.165) is 45.6 Å². The minimum atomic E-state index is -0.274. The summed E-state index contributed by atoms with van der Waals surface area (Å²) >= 11 is 0. The van der Waals surface area contributed by atoms with E-state index in [4.69, 9.17) is 4.74 Å². The highest BCUT2D eigenvalue weighted by molar-refractivity contribution is 6.11. The number of imide groups is 1. The zero-order chi connectivity index (χ0) is 25.2. The van der Waals surface area contributed by atoms with E-state index in [0.29, 0.717) is 12.2 Å². The topological polar surface area (TPSA) is 63.6 Å². The van der Waals surface area contributed by atoms with Crippen LogP contribution in [0, 0.1) is 0 Å². The first kappa shape index (κ1) is 24.2. The van der Waals surface area contributed by atoms with E-state index in [9.17, 15) is 9.59 Å². The molecule has 0 saturated heterocycles. The predicted octanol–water partition coefficient (Wildman–Crippen LogP) is 6.12. The Bertz CT molecular complexity index is 1320. The average Bonchev–Trinajstić information content (AvgIpc) is 3.33. The number of aromatic nitrogens is 1. The molecule has 0 bridgehead atoms. The molecule has 2 amide bonds. The van der Waals surface area contributed by atoms with Gasteiger partial charge in [0.1, 0.15) is 5.75 Å². The molecule has 0 aliphatic carbocycles. The summed E-state index contributed by atoms with van der Waals surface area (Å²) < 4.78 is 8.11. The SMILES string of the molecule is CCCCCCCCOc1ccc([C@H]2C3=C(CN(C(C)=O)C3=O)Nc3cccc4c3c2cn4C)cc1. The maximum absolute atomic E-state index is 13.5. The molecule has 3 heterocycles. The van der Waals surface area contributed by atoms with Gasteiger partial charge in [-0.1, -0.05) is 57.2 Å². The molecule has 0 unspecified atom stereocenters. The Balaban J connectivity index is 1.44. The molecular weight excluding hydrogens is 450 g/mol. The minimum absolute atomic E-state index is 0.219. The van der Waals surface area contributed by atoms with Gasteiger partial charge in [-0.3, -0.25) is 14.5 Å². The summed E-state index contributed by atoms with van der Waals surface area (Å²) in [5.41, 5.74) is 5.61. The minimum Gasteiger partial charge on any atom is -0.494 e. The smallest absolute Gasteiger partial charge is 0.259 e. The molecule has 6 heteroatoms. The van der Waals surface area contributed by atoms with Crippen molar-refractivity contribution in [2.75, 3.05) is 18.5 Å². The number of benzene rings is 2. The van der Waals surface area contributed by atoms with Crippen LogP contribution in [0.3, 0.4) is 0 Å². The molecule has 5 rings (SSSR count). The van der Waals surface area contributed by atoms with Crippen molar-refractivity contribution in [2.24, 2.45) is 7.05 Å². The second kappa shape index (κ2) is 10.2. The number of unbranched alkanes of at least 4 members (excludes halogenated alkanes) is 5. The number of ether oxygens (including phenoxy) is 1. The van der Waals surface area contributed by atoms with Crippen molar-refractivity contribution in [2.45, 2.75) is 58.3 Å². The fourth-order valence-corrected chi connectivity index (χ4v) is 5.54. The summed E-state index contributed by atoms with van der Waals surface area (Å²) in [5.74, 6) is 0.112. The number of nitrogens with zero attached hydrogens (tertiary/aromatic N) is 2. The lowest BCUT2D eigenvalue weighted by Crippen LogP contribution is -2.33. The maximum Gasteiger partial charge on any atom is 0.259 e. The molecule has 0 spiro atoms. The zero-order valence-electron chi connectivity index (χ0n) is 21.5. The van der Waals surface area contributed by atoms with E-state index < -0.39 is 0 Å². The molecule has 2 aromatic carbocycles. The third-order valence-electron chi connectivity index (χ3n) is 7.41. The van der Waals surface area contributed by atoms with Gasteiger partial charge in [0.2, 0.25) is 5.91 Å². The number of carbonyl (C=O) groups excluding carboxylic acids is 2. The first-order chi connectivity index (χ1) is 17.5. The molecule has 0 fully saturated rings. The molecule has 0 radical (unpaired) electrons. The highest BCUT2D eigenvalue weighted by Gasteiger charge is 2.41. The number of hydrogen-bond acceptors (Lipinski definition) is 4. The fraction of sp³-hybridized carbons (Fsp3) is 0.400. The van der Waals surface area contributed by atoms with Gasteiger partial charge in [0, 0.05) is 42.9 Å². The van der Waals surface area contributed by atoms with Gasteiger partial charge in [0.15, 0.2) is 0 Å². The first-order valence-corrected chi connectivity index (χ1v) is 13.1. The number of carbonyl (C=O) groups is 2. The lowest BCUT2D eigenvalue weighted by molar-refractivity contribution is -0.139. The third-order valence-corrected chi connectivity index (χ3v) is 7.41. The first-order valence-electron chi connectivity index (χ1n) is 13.1. The van der Waals surface area contributed by atoms with Gasteiger partial charge in [-0.15, -0.1) is 0 Å². The number of nitrogens with one attached hydrogen (secondary N) is 1. The normalized spacial score (nSPS) is 16.8. The van der Waals surface area contributed by atoms with Crippen LogP contribution in [0.1, 0.15) is 69.4 Å². The van der Waals surface area contributed by atoms with Crippen LogP contribution in [0.4, 0.5) is 5.69 Å². The molecule has 2 aliphatic heterocycles. The van der Waals surface area contributed by atoms with Crippen molar-refractivity contribution >= 4 is 28.4 Å². The maximum atomic E-state index is 13.5. The van der Waals surface area contributed by atoms with E-state index in [1.54, 1.807) is 0 Å². The molecule has 3 aromatic rings. The van der Waals surface area contributed by atoms with Crippen molar-refractivity contribution in [1.82, 2.24) is 9.47 Å². The summed E-state index contributed by atoms with van der Waals surface area (Å²) in [5, 5.41) is 4.62. The molecule has 1 atom stereocenters. The Kier molecular flexibility index (Phi) is 6.86. The quantitative estimate of drug-likeness (QED) is 0.371. The Hall–Kier alpha value is -3.54. The number of hydrogen-bond donors (Lipinski definition) is 1. The highest BCUT2D eigenvalue weighted by atomic mass is 16.5. The Morgan fingerprint density at radius 3 is 2.56 bits per heavy atom. The molecule has 188 valence electrons. The van der Waals surface area contributed by atoms with Gasteiger partial charge >= 0.3 is 0 Å². The van der Waals surface area contributed by atoms with Crippen LogP contribution >= 0.6 is 0 Å². The molecule has 2 aliphatic rings. The second-order valence-electron chi connectivity index (χ2n) is 9.94. The molecular formula is C30H35N3O3. The Morgan fingerprint density at radius 1 is 1.06 bits per heavy atom. The van der Waals surface area contributed by atoms with Crippen LogP contribution in [-0.2, 0) is 16.6 Å². The number of aryl methyl sites for hydroxylation is 1. The van der Waals surface area contributed by atoms with Gasteiger partial charge in [-0.25, -0.2) is 0 Å². The van der Waals surface area contributed by atoms with Crippen LogP contribution in [0.15, 0.2) is 59.9 Å². The van der Waals surface area contributed by atoms with Crippen molar-refractivity contribution in [3.8, 4) is 5.75 Å². The standard InChI is InChI=1S/C30H35N3O3/c1-4-5-6-7-8-9-17-36-22-15-13-21(14-16-22)27-23-18-32(3)26-12-10-11-24(28(23)26)31-25-19-33(20(2)34)30(35)29(25)27/h10-16,18,27,31H,4-9,17,19H2,1-3H3/t27-/m1/s1. The van der Waals surface area contributed by atoms with E-state index in [1.165, 1.54) is 43.9 Å². The van der Waals surface area contributed by atoms with Crippen LogP contribution < -0.4 is 10.1 Å². The highest BCUT2D eigenvalue weighted by Crippen LogP contribution is 2.46. The van der Waals surface area contributed by atoms with Gasteiger partial charge in [0.05, 0.1) is 24.2 Å². The van der Waals surface area contributed by atoms with Crippen molar-refractivity contribution in [3.05, 3.63) is 71.1 Å². The molecule has 36 heavy (non-hydrogen) atoms. The van der Waals surface area contributed by atoms with Crippen molar-refractivity contribution in [1.29, 1.82) is 0 Å². The van der Waals surface area contributed by atoms with Crippen LogP contribution in [0.25, 0.3) is 10.9 Å². The number of rotatable bonds is 9. The largest absolute Gasteiger partial charge is 0.494 e. The summed E-state index contributed by atoms with van der Waals surface area (Å²) in [6.07, 6.45) is 9.50. The third kappa shape index (κ3) is 4.41. The molecule has 1 N–H and O–H groups in total. The van der Waals surface area contributed by atoms with Gasteiger partial charge < -0.3 is 14.6 Å². The molecule has 6 nitrogen and oxygen atoms in total. The summed E-state index contributed by atoms with van der Waals surface area (Å²) in [6.45, 7) is 4.67. The number of anilines is 1. The van der Waals surface area contributed by atoms with E-state index in [1.807, 2.05) is 31.3 Å². The lowest BCUT2D eigenvalue weighted by Gasteiger charge is -2.20. The summed E-state index contributed by atoms with van der Waals surface area (Å²) in [6, 6.07) is 14.3. The number of amides is 2. The zero-order valence-corrected chi connectivity index (χ0v) is 21.5. The van der Waals surface area contributed by atoms with Gasteiger partial charge in [-0.05, 0) is 41.8 Å². The van der Waals surface area contributed by atoms with Crippen LogP contribution in [-0.4, -0.2) is 34.4 Å². The van der Waals surface area contributed by atoms with Crippen molar-refractivity contribution in [3.63, 3.8) is 0 Å². The van der Waals surface area contributed by atoms with Crippen LogP contribution in [0.2, 0.25) is 0 Å². The van der Waals surface area contributed by atoms with Crippen LogP contribution in [0.5, 0.6) is 5.75 Å². The Morgan fingerprint density at radius 2 is 1.81 bits per heavy atom.